The van der Waals surface area contributed by atoms with Crippen LogP contribution in [0.5, 0.6) is 0 Å². The van der Waals surface area contributed by atoms with Gasteiger partial charge in [-0.3, -0.25) is 0 Å². The van der Waals surface area contributed by atoms with Crippen LogP contribution in [0.25, 0.3) is 0 Å². The summed E-state index contributed by atoms with van der Waals surface area (Å²) < 4.78 is 31.9. The number of benzene rings is 1. The van der Waals surface area contributed by atoms with Gasteiger partial charge in [0.1, 0.15) is 4.90 Å². The van der Waals surface area contributed by atoms with E-state index >= 15 is 0 Å². The second-order valence-corrected chi connectivity index (χ2v) is 6.88. The number of sulfonamides is 1. The number of rotatable bonds is 3. The van der Waals surface area contributed by atoms with E-state index < -0.39 is 10.0 Å². The molecule has 2 N–H and O–H groups in total. The Bertz CT molecular complexity index is 548. The molecule has 106 valence electrons. The van der Waals surface area contributed by atoms with E-state index in [1.54, 1.807) is 25.1 Å². The van der Waals surface area contributed by atoms with Crippen molar-refractivity contribution < 1.29 is 13.2 Å². The van der Waals surface area contributed by atoms with Crippen LogP contribution in [-0.4, -0.2) is 44.6 Å². The number of nitrogens with zero attached hydrogens (tertiary/aromatic N) is 1. The molecule has 2 atom stereocenters. The molecule has 1 aromatic carbocycles. The summed E-state index contributed by atoms with van der Waals surface area (Å²) in [6, 6.07) is 6.21. The molecular weight excluding hydrogens is 288 g/mol. The van der Waals surface area contributed by atoms with Crippen LogP contribution in [0, 0.1) is 0 Å². The number of nitrogens with two attached hydrogens (primary N) is 1. The van der Waals surface area contributed by atoms with E-state index in [1.807, 2.05) is 0 Å². The minimum Gasteiger partial charge on any atom is -0.374 e. The van der Waals surface area contributed by atoms with Gasteiger partial charge in [0.25, 0.3) is 0 Å². The van der Waals surface area contributed by atoms with Crippen LogP contribution in [0.2, 0.25) is 5.02 Å². The summed E-state index contributed by atoms with van der Waals surface area (Å²) in [6.07, 6.45) is -0.286. The Hall–Kier alpha value is -0.660. The van der Waals surface area contributed by atoms with E-state index in [9.17, 15) is 8.42 Å². The van der Waals surface area contributed by atoms with Gasteiger partial charge in [0, 0.05) is 19.1 Å². The number of ether oxygens (including phenoxy) is 1. The molecule has 1 aromatic rings. The second kappa shape index (κ2) is 5.76. The Morgan fingerprint density at radius 3 is 2.79 bits per heavy atom. The first kappa shape index (κ1) is 14.7. The lowest BCUT2D eigenvalue weighted by atomic mass is 10.2. The highest BCUT2D eigenvalue weighted by Crippen LogP contribution is 2.25. The van der Waals surface area contributed by atoms with E-state index in [0.29, 0.717) is 13.2 Å². The minimum absolute atomic E-state index is 0.127. The zero-order chi connectivity index (χ0) is 14.0. The van der Waals surface area contributed by atoms with Crippen LogP contribution in [0.1, 0.15) is 6.92 Å². The number of halogens is 1. The van der Waals surface area contributed by atoms with Crippen LogP contribution in [0.4, 0.5) is 0 Å². The molecule has 7 heteroatoms. The molecule has 1 heterocycles. The number of hydrogen-bond donors (Lipinski definition) is 1. The van der Waals surface area contributed by atoms with Crippen LogP contribution in [0.15, 0.2) is 29.2 Å². The average Bonchev–Trinajstić information content (AvgIpc) is 2.39. The van der Waals surface area contributed by atoms with Crippen molar-refractivity contribution in [2.75, 3.05) is 19.7 Å². The first-order valence-corrected chi connectivity index (χ1v) is 7.86. The minimum atomic E-state index is -3.59. The van der Waals surface area contributed by atoms with Gasteiger partial charge >= 0.3 is 0 Å². The quantitative estimate of drug-likeness (QED) is 0.907. The van der Waals surface area contributed by atoms with Crippen molar-refractivity contribution in [1.82, 2.24) is 4.31 Å². The Morgan fingerprint density at radius 2 is 2.16 bits per heavy atom. The van der Waals surface area contributed by atoms with Gasteiger partial charge in [0.15, 0.2) is 0 Å². The maximum atomic E-state index is 12.5. The largest absolute Gasteiger partial charge is 0.374 e. The summed E-state index contributed by atoms with van der Waals surface area (Å²) in [5, 5.41) is 0.228. The van der Waals surface area contributed by atoms with Gasteiger partial charge in [-0.2, -0.15) is 4.31 Å². The molecule has 19 heavy (non-hydrogen) atoms. The molecule has 1 fully saturated rings. The fraction of sp³-hybridized carbons (Fsp3) is 0.500. The molecule has 5 nitrogen and oxygen atoms in total. The zero-order valence-electron chi connectivity index (χ0n) is 10.6. The molecule has 1 aliphatic rings. The molecule has 0 aliphatic carbocycles. The predicted octanol–water partition coefficient (Wildman–Crippen LogP) is 1.08. The van der Waals surface area contributed by atoms with Crippen molar-refractivity contribution in [1.29, 1.82) is 0 Å². The van der Waals surface area contributed by atoms with Gasteiger partial charge in [0.2, 0.25) is 10.0 Å². The van der Waals surface area contributed by atoms with Crippen LogP contribution >= 0.6 is 11.6 Å². The van der Waals surface area contributed by atoms with Crippen LogP contribution < -0.4 is 5.73 Å². The van der Waals surface area contributed by atoms with E-state index in [0.717, 1.165) is 0 Å². The molecule has 0 radical (unpaired) electrons. The molecular formula is C12H17ClN2O3S. The molecule has 0 bridgehead atoms. The molecule has 1 aliphatic heterocycles. The van der Waals surface area contributed by atoms with Crippen molar-refractivity contribution in [2.45, 2.75) is 24.0 Å². The predicted molar refractivity (Wildman–Crippen MR) is 73.6 cm³/mol. The van der Waals surface area contributed by atoms with E-state index in [4.69, 9.17) is 22.1 Å². The van der Waals surface area contributed by atoms with Crippen LogP contribution in [0.3, 0.4) is 0 Å². The SMILES string of the molecule is CC(N)C1CN(S(=O)(=O)c2ccccc2Cl)CCO1. The lowest BCUT2D eigenvalue weighted by molar-refractivity contribution is -0.0120. The summed E-state index contributed by atoms with van der Waals surface area (Å²) in [5.74, 6) is 0. The second-order valence-electron chi connectivity index (χ2n) is 4.56. The summed E-state index contributed by atoms with van der Waals surface area (Å²) in [7, 11) is -3.59. The Balaban J connectivity index is 2.28. The van der Waals surface area contributed by atoms with Gasteiger partial charge in [-0.05, 0) is 19.1 Å². The fourth-order valence-electron chi connectivity index (χ4n) is 1.98. The molecule has 2 rings (SSSR count). The zero-order valence-corrected chi connectivity index (χ0v) is 12.2. The van der Waals surface area contributed by atoms with Crippen molar-refractivity contribution in [3.63, 3.8) is 0 Å². The molecule has 0 amide bonds. The van der Waals surface area contributed by atoms with Gasteiger partial charge < -0.3 is 10.5 Å². The third kappa shape index (κ3) is 3.09. The van der Waals surface area contributed by atoms with E-state index in [1.165, 1.54) is 10.4 Å². The standard InChI is InChI=1S/C12H17ClN2O3S/c1-9(14)11-8-15(6-7-18-11)19(16,17)12-5-3-2-4-10(12)13/h2-5,9,11H,6-8,14H2,1H3. The topological polar surface area (TPSA) is 72.6 Å². The van der Waals surface area contributed by atoms with Gasteiger partial charge in [0.05, 0.1) is 17.7 Å². The average molecular weight is 305 g/mol. The highest BCUT2D eigenvalue weighted by molar-refractivity contribution is 7.89. The smallest absolute Gasteiger partial charge is 0.244 e. The molecule has 2 unspecified atom stereocenters. The van der Waals surface area contributed by atoms with Gasteiger partial charge in [-0.25, -0.2) is 8.42 Å². The summed E-state index contributed by atoms with van der Waals surface area (Å²) >= 11 is 5.97. The summed E-state index contributed by atoms with van der Waals surface area (Å²) in [5.41, 5.74) is 5.77. The highest BCUT2D eigenvalue weighted by Gasteiger charge is 2.33. The summed E-state index contributed by atoms with van der Waals surface area (Å²) in [6.45, 7) is 2.72. The number of morpholine rings is 1. The molecule has 0 saturated carbocycles. The normalized spacial score (nSPS) is 23.2. The molecule has 0 spiro atoms. The van der Waals surface area contributed by atoms with Crippen molar-refractivity contribution in [2.24, 2.45) is 5.73 Å². The van der Waals surface area contributed by atoms with Crippen molar-refractivity contribution >= 4 is 21.6 Å². The van der Waals surface area contributed by atoms with Gasteiger partial charge in [-0.15, -0.1) is 0 Å². The van der Waals surface area contributed by atoms with E-state index in [-0.39, 0.29) is 28.6 Å². The third-order valence-electron chi connectivity index (χ3n) is 3.10. The highest BCUT2D eigenvalue weighted by atomic mass is 35.5. The molecule has 1 saturated heterocycles. The molecule has 0 aromatic heterocycles. The first-order chi connectivity index (χ1) is 8.93. The summed E-state index contributed by atoms with van der Waals surface area (Å²) in [4.78, 5) is 0.127. The fourth-order valence-corrected chi connectivity index (χ4v) is 3.91. The third-order valence-corrected chi connectivity index (χ3v) is 5.46. The van der Waals surface area contributed by atoms with Crippen molar-refractivity contribution in [3.8, 4) is 0 Å². The van der Waals surface area contributed by atoms with Crippen molar-refractivity contribution in [3.05, 3.63) is 29.3 Å². The Labute approximate surface area is 118 Å². The lowest BCUT2D eigenvalue weighted by Crippen LogP contribution is -2.51. The van der Waals surface area contributed by atoms with Crippen LogP contribution in [-0.2, 0) is 14.8 Å². The maximum Gasteiger partial charge on any atom is 0.244 e. The Kier molecular flexibility index (Phi) is 4.47. The number of hydrogen-bond acceptors (Lipinski definition) is 4. The van der Waals surface area contributed by atoms with Gasteiger partial charge in [-0.1, -0.05) is 23.7 Å². The maximum absolute atomic E-state index is 12.5. The first-order valence-electron chi connectivity index (χ1n) is 6.05. The monoisotopic (exact) mass is 304 g/mol. The van der Waals surface area contributed by atoms with E-state index in [2.05, 4.69) is 0 Å². The lowest BCUT2D eigenvalue weighted by Gasteiger charge is -2.34. The Morgan fingerprint density at radius 1 is 1.47 bits per heavy atom.